The van der Waals surface area contributed by atoms with Gasteiger partial charge in [0, 0.05) is 244 Å². The maximum Gasteiger partial charge on any atom is 0.354 e. The third-order valence-electron chi connectivity index (χ3n) is 16.6. The predicted molar refractivity (Wildman–Crippen MR) is 464 cm³/mol. The van der Waals surface area contributed by atoms with Crippen molar-refractivity contribution in [1.82, 2.24) is 60.1 Å². The van der Waals surface area contributed by atoms with E-state index in [4.69, 9.17) is 59.4 Å². The van der Waals surface area contributed by atoms with Crippen molar-refractivity contribution in [2.45, 2.75) is 140 Å². The van der Waals surface area contributed by atoms with Crippen LogP contribution >= 0.6 is 0 Å². The Labute approximate surface area is 811 Å². The molecular weight excluding hydrogens is 2520 g/mol. The summed E-state index contributed by atoms with van der Waals surface area (Å²) in [7, 11) is 10.9. The number of rotatable bonds is 19. The molecule has 0 saturated carbocycles. The van der Waals surface area contributed by atoms with E-state index in [1.807, 2.05) is 160 Å². The van der Waals surface area contributed by atoms with Gasteiger partial charge in [0.2, 0.25) is 0 Å². The zero-order valence-corrected chi connectivity index (χ0v) is 85.9. The number of aldehydes is 1. The number of aromatic hydroxyl groups is 1. The Kier molecular flexibility index (Phi) is 61.8. The molecule has 5 unspecified atom stereocenters. The molecule has 127 heavy (non-hydrogen) atoms. The Morgan fingerprint density at radius 3 is 0.882 bits per heavy atom. The van der Waals surface area contributed by atoms with Gasteiger partial charge in [-0.3, -0.25) is 34.5 Å². The van der Waals surface area contributed by atoms with Gasteiger partial charge in [-0.05, 0) is 133 Å². The number of carbonyl (C=O) groups excluding carboxylic acids is 1. The number of hydrogen-bond acceptors (Lipinski definition) is 27. The van der Waals surface area contributed by atoms with Crippen LogP contribution in [0.5, 0.6) is 34.5 Å². The number of para-hydroxylation sites is 1. The van der Waals surface area contributed by atoms with Gasteiger partial charge >= 0.3 is 11.9 Å². The van der Waals surface area contributed by atoms with Crippen LogP contribution < -0.4 is 29.0 Å². The Bertz CT molecular complexity index is 4600. The molecule has 13 rings (SSSR count). The summed E-state index contributed by atoms with van der Waals surface area (Å²) in [6.07, 6.45) is 10.6. The molecule has 0 bridgehead atoms. The number of carbonyl (C=O) groups is 3. The van der Waals surface area contributed by atoms with Crippen LogP contribution in [0.2, 0.25) is 0 Å². The molecule has 8 N–H and O–H groups in total. The molecule has 693 valence electrons. The normalized spacial score (nSPS) is 11.7. The number of carboxylic acids is 2. The maximum absolute atomic E-state index is 10.1. The van der Waals surface area contributed by atoms with Gasteiger partial charge in [0.15, 0.2) is 18.9 Å². The molecule has 7 heterocycles. The Morgan fingerprint density at radius 2 is 0.709 bits per heavy atom. The largest absolute Gasteiger partial charge is 0.516 e. The van der Waals surface area contributed by atoms with Crippen molar-refractivity contribution < 1.29 is 184 Å². The van der Waals surface area contributed by atoms with Crippen molar-refractivity contribution in [2.75, 3.05) is 56.3 Å². The standard InChI is InChI=1S/5C13H13N2O.C7H6O2.C6H5NO2.C5H9NO2.C5H12O4.C5H12O2.5Ir/c5*1-9-8-14-13(10(2)15-9)11-5-4-6-12(7-11)16-3;8-5-6-3-1-2-4-7(6)9;8-6(9)5-3-1-2-4-7-5;7-5(8)4-2-1-3-6-4;1-8-4(6)3-5(7)9-2;1-4(6)3-5(2)7;;;;;/h5*4,6-8H,1-3H3;1-5,9H;1-4H,(H,8,9);4,6H,1-3H2,(H,7,8);4-7H,3H2,1-2H3;4-7H,3H2,1-2H3;;;;;/q5*-1;;;;;;;;;;. The molecule has 6 aromatic carbocycles. The number of phenolic OH excluding ortho intramolecular Hbond substituents is 1. The fourth-order valence-corrected chi connectivity index (χ4v) is 10.7. The summed E-state index contributed by atoms with van der Waals surface area (Å²) in [6.45, 7) is 23.6. The Morgan fingerprint density at radius 1 is 0.425 bits per heavy atom. The summed E-state index contributed by atoms with van der Waals surface area (Å²) in [5.74, 6) is 2.33. The average molecular weight is 2630 g/mol. The molecular formula is C93H109Ir5N12O17-5. The summed E-state index contributed by atoms with van der Waals surface area (Å²) < 4.78 is 34.7. The molecule has 5 atom stereocenters. The number of methoxy groups -OCH3 is 7. The molecule has 1 aliphatic heterocycles. The van der Waals surface area contributed by atoms with Gasteiger partial charge < -0.3 is 99.1 Å². The summed E-state index contributed by atoms with van der Waals surface area (Å²) in [5.41, 5.74) is 18.3. The minimum Gasteiger partial charge on any atom is -0.516 e. The number of hydrogen-bond donors (Lipinski definition) is 8. The maximum atomic E-state index is 10.1. The number of pyridine rings is 1. The van der Waals surface area contributed by atoms with Crippen LogP contribution in [0.3, 0.4) is 0 Å². The van der Waals surface area contributed by atoms with Crippen LogP contribution in [-0.2, 0) is 115 Å². The fourth-order valence-electron chi connectivity index (χ4n) is 10.7. The van der Waals surface area contributed by atoms with Crippen LogP contribution in [0, 0.1) is 99.6 Å². The number of benzene rings is 6. The van der Waals surface area contributed by atoms with E-state index in [9.17, 15) is 14.4 Å². The van der Waals surface area contributed by atoms with E-state index in [0.717, 1.165) is 161 Å². The van der Waals surface area contributed by atoms with E-state index in [0.29, 0.717) is 18.3 Å². The SMILES string of the molecule is CC(O)CC(C)O.COC(O)CC(O)OC.COc1cc[c-]c(-c2ncc(C)nc2C)c1.COc1cc[c-]c(-c2ncc(C)nc2C)c1.COc1cc[c-]c(-c2ncc(C)nc2C)c1.COc1cc[c-]c(-c2ncc(C)nc2C)c1.COc1cc[c-]c(-c2ncc(C)nc2C)c1.O=C(O)C1CCCN1.O=C(O)c1ccccn1.O=Cc1ccccc1O.[Ir].[Ir].[Ir].[Ir].[Ir]. The molecule has 1 saturated heterocycles. The van der Waals surface area contributed by atoms with Crippen LogP contribution in [-0.4, -0.2) is 196 Å². The molecule has 34 heteroatoms. The first-order valence-corrected chi connectivity index (χ1v) is 38.2. The van der Waals surface area contributed by atoms with E-state index >= 15 is 0 Å². The second-order valence-corrected chi connectivity index (χ2v) is 26.7. The van der Waals surface area contributed by atoms with Gasteiger partial charge in [-0.25, -0.2) is 9.78 Å². The van der Waals surface area contributed by atoms with Gasteiger partial charge in [-0.15, -0.1) is 149 Å². The molecule has 0 amide bonds. The second kappa shape index (κ2) is 65.7. The van der Waals surface area contributed by atoms with E-state index in [1.165, 1.54) is 32.5 Å². The number of aromatic nitrogens is 11. The minimum atomic E-state index is -0.990. The number of nitrogens with one attached hydrogen (secondary N) is 1. The molecule has 5 radical (unpaired) electrons. The van der Waals surface area contributed by atoms with Gasteiger partial charge in [-0.2, -0.15) is 0 Å². The van der Waals surface area contributed by atoms with Crippen molar-refractivity contribution in [1.29, 1.82) is 0 Å². The third kappa shape index (κ3) is 45.2. The molecule has 0 spiro atoms. The number of phenols is 1. The van der Waals surface area contributed by atoms with Crippen molar-refractivity contribution >= 4 is 18.2 Å². The Hall–Kier alpha value is -9.75. The van der Waals surface area contributed by atoms with Crippen molar-refractivity contribution in [3.05, 3.63) is 269 Å². The van der Waals surface area contributed by atoms with Gasteiger partial charge in [-0.1, -0.05) is 18.2 Å². The van der Waals surface area contributed by atoms with E-state index in [-0.39, 0.29) is 137 Å². The van der Waals surface area contributed by atoms with E-state index in [1.54, 1.807) is 111 Å². The number of aliphatic hydroxyl groups is 4. The molecule has 1 aliphatic rings. The predicted octanol–water partition coefficient (Wildman–Crippen LogP) is 14.1. The molecule has 6 aromatic heterocycles. The molecule has 12 aromatic rings. The first-order valence-electron chi connectivity index (χ1n) is 38.2. The molecule has 1 fully saturated rings. The number of aromatic carboxylic acids is 1. The van der Waals surface area contributed by atoms with Crippen LogP contribution in [0.25, 0.3) is 56.3 Å². The first-order chi connectivity index (χ1) is 58.3. The number of nitrogens with zero attached hydrogens (tertiary/aromatic N) is 11. The summed E-state index contributed by atoms with van der Waals surface area (Å²) >= 11 is 0. The topological polar surface area (TPSA) is 411 Å². The number of ether oxygens (including phenoxy) is 7. The van der Waals surface area contributed by atoms with Gasteiger partial charge in [0.1, 0.15) is 17.5 Å². The number of aliphatic hydroxyl groups excluding tert-OH is 4. The first kappa shape index (κ1) is 119. The monoisotopic (exact) mass is 2630 g/mol. The van der Waals surface area contributed by atoms with Crippen LogP contribution in [0.1, 0.15) is 117 Å². The van der Waals surface area contributed by atoms with Crippen molar-refractivity contribution in [2.24, 2.45) is 0 Å². The number of aryl methyl sites for hydroxylation is 10. The van der Waals surface area contributed by atoms with E-state index < -0.39 is 24.5 Å². The average Bonchev–Trinajstić information content (AvgIpc) is 1.62. The van der Waals surface area contributed by atoms with Crippen LogP contribution in [0.4, 0.5) is 0 Å². The summed E-state index contributed by atoms with van der Waals surface area (Å²) in [5, 5.41) is 62.9. The molecule has 29 nitrogen and oxygen atoms in total. The van der Waals surface area contributed by atoms with Gasteiger partial charge in [0.05, 0.1) is 81.8 Å². The van der Waals surface area contributed by atoms with Gasteiger partial charge in [0.25, 0.3) is 0 Å². The smallest absolute Gasteiger partial charge is 0.354 e. The van der Waals surface area contributed by atoms with Crippen molar-refractivity contribution in [3.8, 4) is 90.8 Å². The number of carboxylic acid groups (broad SMARTS) is 2. The molecule has 0 aliphatic carbocycles. The quantitative estimate of drug-likeness (QED) is 0.0212. The van der Waals surface area contributed by atoms with Crippen molar-refractivity contribution in [3.63, 3.8) is 0 Å². The van der Waals surface area contributed by atoms with Crippen LogP contribution in [0.15, 0.2) is 171 Å². The summed E-state index contributed by atoms with van der Waals surface area (Å²) in [4.78, 5) is 77.7. The number of aliphatic carboxylic acids is 1. The zero-order chi connectivity index (χ0) is 90.2. The Balaban J connectivity index is 0. The fraction of sp³-hybridized carbons (Fsp3) is 0.312. The zero-order valence-electron chi connectivity index (χ0n) is 74.0. The minimum absolute atomic E-state index is 0. The summed E-state index contributed by atoms with van der Waals surface area (Å²) in [6, 6.07) is 54.6. The second-order valence-electron chi connectivity index (χ2n) is 26.7. The van der Waals surface area contributed by atoms with E-state index in [2.05, 4.69) is 99.9 Å². The third-order valence-corrected chi connectivity index (χ3v) is 16.6.